The summed E-state index contributed by atoms with van der Waals surface area (Å²) in [6.07, 6.45) is 5.40. The van der Waals surface area contributed by atoms with Gasteiger partial charge in [0.2, 0.25) is 0 Å². The Hall–Kier alpha value is -5.62. The van der Waals surface area contributed by atoms with Crippen molar-refractivity contribution in [3.8, 4) is 23.6 Å². The Balaban J connectivity index is 0.000000201. The number of ether oxygens (including phenoxy) is 3. The van der Waals surface area contributed by atoms with Crippen LogP contribution < -0.4 is 20.5 Å². The van der Waals surface area contributed by atoms with Crippen LogP contribution in [0.1, 0.15) is 57.4 Å². The van der Waals surface area contributed by atoms with Crippen LogP contribution in [0.4, 0.5) is 0 Å². The minimum absolute atomic E-state index is 0. The highest BCUT2D eigenvalue weighted by molar-refractivity contribution is 5.83. The number of nitrogens with one attached hydrogen (secondary N) is 3. The molecule has 2 aromatic heterocycles. The number of benzene rings is 4. The molecule has 0 aliphatic carbocycles. The summed E-state index contributed by atoms with van der Waals surface area (Å²) in [7, 11) is 0. The van der Waals surface area contributed by atoms with E-state index in [9.17, 15) is 5.11 Å². The molecule has 0 amide bonds. The number of rotatable bonds is 13. The van der Waals surface area contributed by atoms with Crippen molar-refractivity contribution in [3.05, 3.63) is 132 Å². The molecule has 10 nitrogen and oxygen atoms in total. The smallest absolute Gasteiger partial charge is 0.137 e. The van der Waals surface area contributed by atoms with Gasteiger partial charge in [0.15, 0.2) is 0 Å². The molecule has 1 saturated heterocycles. The molecule has 6 aromatic rings. The van der Waals surface area contributed by atoms with Crippen LogP contribution in [0.5, 0.6) is 11.5 Å². The van der Waals surface area contributed by atoms with E-state index in [0.29, 0.717) is 35.8 Å². The van der Waals surface area contributed by atoms with Gasteiger partial charge in [0.25, 0.3) is 0 Å². The SMILES string of the molecule is C.CC(C)(Cc1c[nH]c2ccccc12)NC[C@H](O)COc1ccccc1C#N.CC(C)(N)Cc1c[nH]c2ccccc12.N#Cc1ccccc1OC[C@@H]1CO1. The highest BCUT2D eigenvalue weighted by Crippen LogP contribution is 2.24. The molecule has 1 aliphatic rings. The number of aliphatic hydroxyl groups excluding tert-OH is 1. The molecule has 2 atom stereocenters. The summed E-state index contributed by atoms with van der Waals surface area (Å²) in [6, 6.07) is 35.0. The molecule has 6 N–H and O–H groups in total. The van der Waals surface area contributed by atoms with E-state index in [2.05, 4.69) is 91.6 Å². The first-order valence-corrected chi connectivity index (χ1v) is 18.1. The molecule has 288 valence electrons. The summed E-state index contributed by atoms with van der Waals surface area (Å²) in [4.78, 5) is 6.56. The second-order valence-electron chi connectivity index (χ2n) is 14.8. The third kappa shape index (κ3) is 13.0. The number of aromatic nitrogens is 2. The van der Waals surface area contributed by atoms with Crippen molar-refractivity contribution in [2.24, 2.45) is 5.73 Å². The van der Waals surface area contributed by atoms with Crippen molar-refractivity contribution < 1.29 is 19.3 Å². The number of nitrogens with zero attached hydrogens (tertiary/aromatic N) is 2. The number of aliphatic hydroxyl groups is 1. The normalized spacial score (nSPS) is 13.9. The molecular weight excluding hydrogens is 689 g/mol. The number of aromatic amines is 2. The molecule has 1 aliphatic heterocycles. The number of β-amino-alcohol motifs (C(OH)–C–C–N with tert-alkyl or cyclic N) is 1. The third-order valence-corrected chi connectivity index (χ3v) is 8.72. The van der Waals surface area contributed by atoms with E-state index in [4.69, 9.17) is 30.5 Å². The fraction of sp³-hybridized carbons (Fsp3) is 0.333. The van der Waals surface area contributed by atoms with Crippen molar-refractivity contribution in [2.75, 3.05) is 26.4 Å². The van der Waals surface area contributed by atoms with E-state index >= 15 is 0 Å². The molecule has 3 heterocycles. The first-order chi connectivity index (χ1) is 25.9. The Labute approximate surface area is 324 Å². The zero-order chi connectivity index (χ0) is 38.6. The maximum atomic E-state index is 10.3. The maximum Gasteiger partial charge on any atom is 0.137 e. The predicted molar refractivity (Wildman–Crippen MR) is 220 cm³/mol. The number of epoxide rings is 1. The van der Waals surface area contributed by atoms with Gasteiger partial charge < -0.3 is 40.3 Å². The van der Waals surface area contributed by atoms with Crippen LogP contribution in [0, 0.1) is 22.7 Å². The van der Waals surface area contributed by atoms with Crippen LogP contribution in [0.2, 0.25) is 0 Å². The molecule has 0 bridgehead atoms. The van der Waals surface area contributed by atoms with Crippen LogP contribution in [0.15, 0.2) is 109 Å². The quantitative estimate of drug-likeness (QED) is 0.0747. The topological polar surface area (TPSA) is 168 Å². The van der Waals surface area contributed by atoms with Crippen LogP contribution in [0.25, 0.3) is 21.8 Å². The van der Waals surface area contributed by atoms with E-state index < -0.39 is 6.10 Å². The first-order valence-electron chi connectivity index (χ1n) is 18.1. The number of hydrogen-bond acceptors (Lipinski definition) is 8. The molecule has 7 rings (SSSR count). The van der Waals surface area contributed by atoms with Crippen LogP contribution in [-0.2, 0) is 17.6 Å². The zero-order valence-electron chi connectivity index (χ0n) is 31.4. The van der Waals surface area contributed by atoms with Gasteiger partial charge in [-0.3, -0.25) is 0 Å². The lowest BCUT2D eigenvalue weighted by Crippen LogP contribution is -2.46. The van der Waals surface area contributed by atoms with Gasteiger partial charge in [-0.05, 0) is 88.1 Å². The Morgan fingerprint density at radius 1 is 0.782 bits per heavy atom. The van der Waals surface area contributed by atoms with Gasteiger partial charge in [0.05, 0.1) is 17.7 Å². The summed E-state index contributed by atoms with van der Waals surface area (Å²) < 4.78 is 16.0. The van der Waals surface area contributed by atoms with Gasteiger partial charge in [0.1, 0.15) is 49.1 Å². The van der Waals surface area contributed by atoms with Crippen molar-refractivity contribution >= 4 is 21.8 Å². The second-order valence-corrected chi connectivity index (χ2v) is 14.8. The molecular formula is C45H54N6O4. The average Bonchev–Trinajstić information content (AvgIpc) is 3.80. The molecule has 0 unspecified atom stereocenters. The van der Waals surface area contributed by atoms with E-state index in [1.165, 1.54) is 27.4 Å². The molecule has 0 radical (unpaired) electrons. The zero-order valence-corrected chi connectivity index (χ0v) is 31.4. The minimum Gasteiger partial charge on any atom is -0.489 e. The summed E-state index contributed by atoms with van der Waals surface area (Å²) in [5, 5.41) is 34.0. The lowest BCUT2D eigenvalue weighted by molar-refractivity contribution is 0.0987. The van der Waals surface area contributed by atoms with E-state index in [1.807, 2.05) is 42.6 Å². The minimum atomic E-state index is -0.668. The van der Waals surface area contributed by atoms with Gasteiger partial charge in [0, 0.05) is 51.8 Å². The predicted octanol–water partition coefficient (Wildman–Crippen LogP) is 7.81. The van der Waals surface area contributed by atoms with E-state index in [1.54, 1.807) is 30.3 Å². The van der Waals surface area contributed by atoms with Crippen molar-refractivity contribution in [1.82, 2.24) is 15.3 Å². The van der Waals surface area contributed by atoms with E-state index in [0.717, 1.165) is 25.0 Å². The van der Waals surface area contributed by atoms with Crippen LogP contribution in [0.3, 0.4) is 0 Å². The Bertz CT molecular complexity index is 2180. The molecule has 55 heavy (non-hydrogen) atoms. The second kappa shape index (κ2) is 19.6. The number of para-hydroxylation sites is 4. The largest absolute Gasteiger partial charge is 0.489 e. The highest BCUT2D eigenvalue weighted by atomic mass is 16.6. The van der Waals surface area contributed by atoms with Gasteiger partial charge in [-0.2, -0.15) is 10.5 Å². The van der Waals surface area contributed by atoms with Crippen LogP contribution in [-0.4, -0.2) is 64.7 Å². The highest BCUT2D eigenvalue weighted by Gasteiger charge is 2.24. The Kier molecular flexibility index (Phi) is 15.0. The van der Waals surface area contributed by atoms with Gasteiger partial charge in [-0.25, -0.2) is 0 Å². The van der Waals surface area contributed by atoms with Gasteiger partial charge in [-0.15, -0.1) is 0 Å². The first kappa shape index (κ1) is 42.1. The lowest BCUT2D eigenvalue weighted by atomic mass is 9.94. The molecule has 1 fully saturated rings. The summed E-state index contributed by atoms with van der Waals surface area (Å²) in [5.74, 6) is 1.14. The summed E-state index contributed by atoms with van der Waals surface area (Å²) in [6.45, 7) is 10.2. The van der Waals surface area contributed by atoms with Gasteiger partial charge in [-0.1, -0.05) is 68.1 Å². The van der Waals surface area contributed by atoms with Crippen LogP contribution >= 0.6 is 0 Å². The van der Waals surface area contributed by atoms with Gasteiger partial charge >= 0.3 is 0 Å². The Morgan fingerprint density at radius 3 is 1.76 bits per heavy atom. The van der Waals surface area contributed by atoms with Crippen molar-refractivity contribution in [1.29, 1.82) is 10.5 Å². The average molecular weight is 743 g/mol. The molecule has 0 spiro atoms. The Morgan fingerprint density at radius 2 is 1.25 bits per heavy atom. The monoisotopic (exact) mass is 742 g/mol. The molecule has 10 heteroatoms. The fourth-order valence-electron chi connectivity index (χ4n) is 5.94. The summed E-state index contributed by atoms with van der Waals surface area (Å²) >= 11 is 0. The van der Waals surface area contributed by atoms with Crippen molar-refractivity contribution in [2.45, 2.75) is 71.2 Å². The lowest BCUT2D eigenvalue weighted by Gasteiger charge is -2.28. The van der Waals surface area contributed by atoms with Crippen molar-refractivity contribution in [3.63, 3.8) is 0 Å². The molecule has 0 saturated carbocycles. The van der Waals surface area contributed by atoms with E-state index in [-0.39, 0.29) is 31.2 Å². The number of fused-ring (bicyclic) bond motifs is 2. The molecule has 4 aromatic carbocycles. The number of nitriles is 2. The fourth-order valence-corrected chi connectivity index (χ4v) is 5.94. The summed E-state index contributed by atoms with van der Waals surface area (Å²) in [5.41, 5.74) is 11.6. The number of H-pyrrole nitrogens is 2. The standard InChI is InChI=1S/C22H25N3O2.C12H16N2.C10H9NO2.CH4/c1-22(2,11-17-13-24-20-9-5-4-8-19(17)20)25-14-18(26)15-27-21-10-6-3-7-16(21)12-23;1-12(2,13)7-9-8-14-11-6-4-3-5-10(9)11;11-5-8-3-1-2-4-10(8)13-7-9-6-12-9;/h3-10,13,18,24-26H,11,14-15H2,1-2H3;3-6,8,14H,7,13H2,1-2H3;1-4,9H,6-7H2;1H4/t18-;;9-;/m0.0./s1. The number of hydrogen-bond donors (Lipinski definition) is 5. The maximum absolute atomic E-state index is 10.3. The number of nitrogens with two attached hydrogens (primary N) is 1. The third-order valence-electron chi connectivity index (χ3n) is 8.72.